The number of aryl methyl sites for hydroxylation is 1. The summed E-state index contributed by atoms with van der Waals surface area (Å²) in [7, 11) is 0. The van der Waals surface area contributed by atoms with Crippen LogP contribution in [0.4, 0.5) is 10.2 Å². The van der Waals surface area contributed by atoms with Crippen LogP contribution in [0.25, 0.3) is 5.69 Å². The molecule has 1 amide bonds. The molecule has 4 rings (SSSR count). The minimum absolute atomic E-state index is 0.0992. The number of hydrogen-bond donors (Lipinski definition) is 1. The number of carbonyl (C=O) groups is 1. The van der Waals surface area contributed by atoms with Crippen LogP contribution in [0.3, 0.4) is 0 Å². The number of nitrogens with zero attached hydrogens (tertiary/aromatic N) is 2. The van der Waals surface area contributed by atoms with Gasteiger partial charge in [0.05, 0.1) is 17.1 Å². The summed E-state index contributed by atoms with van der Waals surface area (Å²) in [5.74, 6) is 2.34. The molecule has 138 valence electrons. The largest absolute Gasteiger partial charge is 0.310 e. The highest BCUT2D eigenvalue weighted by molar-refractivity contribution is 8.00. The molecule has 0 saturated carbocycles. The number of benzene rings is 2. The van der Waals surface area contributed by atoms with Crippen molar-refractivity contribution in [3.63, 3.8) is 0 Å². The number of rotatable bonds is 5. The smallest absolute Gasteiger partial charge is 0.235 e. The summed E-state index contributed by atoms with van der Waals surface area (Å²) in [6, 6.07) is 14.2. The zero-order chi connectivity index (χ0) is 18.8. The Hall–Kier alpha value is -2.25. The van der Waals surface area contributed by atoms with Crippen LogP contribution < -0.4 is 5.32 Å². The molecular formula is C20H18FN3OS2. The molecule has 0 radical (unpaired) electrons. The Kier molecular flexibility index (Phi) is 5.22. The van der Waals surface area contributed by atoms with Crippen LogP contribution in [-0.4, -0.2) is 21.4 Å². The molecule has 1 N–H and O–H groups in total. The summed E-state index contributed by atoms with van der Waals surface area (Å²) < 4.78 is 14.8. The quantitative estimate of drug-likeness (QED) is 0.626. The molecule has 0 saturated heterocycles. The van der Waals surface area contributed by atoms with Gasteiger partial charge in [0.25, 0.3) is 0 Å². The predicted octanol–water partition coefficient (Wildman–Crippen LogP) is 4.80. The van der Waals surface area contributed by atoms with Crippen LogP contribution in [0, 0.1) is 12.7 Å². The van der Waals surface area contributed by atoms with Crippen LogP contribution in [0.1, 0.15) is 16.8 Å². The molecule has 0 aliphatic carbocycles. The number of carbonyl (C=O) groups excluding carboxylic acids is 1. The Bertz CT molecular complexity index is 985. The van der Waals surface area contributed by atoms with Crippen molar-refractivity contribution in [3.8, 4) is 5.69 Å². The van der Waals surface area contributed by atoms with Crippen LogP contribution in [0.2, 0.25) is 0 Å². The van der Waals surface area contributed by atoms with Crippen LogP contribution >= 0.6 is 23.5 Å². The number of nitrogens with one attached hydrogen (secondary N) is 1. The summed E-state index contributed by atoms with van der Waals surface area (Å²) in [6.07, 6.45) is 0. The molecule has 1 aliphatic heterocycles. The molecule has 7 heteroatoms. The van der Waals surface area contributed by atoms with Gasteiger partial charge in [-0.1, -0.05) is 12.1 Å². The number of amides is 1. The molecule has 3 aromatic rings. The molecule has 0 fully saturated rings. The Morgan fingerprint density at radius 2 is 2.07 bits per heavy atom. The Balaban J connectivity index is 1.54. The molecular weight excluding hydrogens is 381 g/mol. The van der Waals surface area contributed by atoms with Crippen molar-refractivity contribution in [1.82, 2.24) is 9.78 Å². The first kappa shape index (κ1) is 18.1. The van der Waals surface area contributed by atoms with Gasteiger partial charge in [0.2, 0.25) is 5.91 Å². The van der Waals surface area contributed by atoms with Crippen molar-refractivity contribution >= 4 is 35.2 Å². The summed E-state index contributed by atoms with van der Waals surface area (Å²) >= 11 is 3.18. The fraction of sp³-hybridized carbons (Fsp3) is 0.200. The average Bonchev–Trinajstić information content (AvgIpc) is 3.24. The van der Waals surface area contributed by atoms with Crippen molar-refractivity contribution < 1.29 is 9.18 Å². The fourth-order valence-corrected chi connectivity index (χ4v) is 4.67. The first-order valence-electron chi connectivity index (χ1n) is 8.54. The normalized spacial score (nSPS) is 12.8. The first-order chi connectivity index (χ1) is 13.1. The lowest BCUT2D eigenvalue weighted by Crippen LogP contribution is -2.18. The van der Waals surface area contributed by atoms with E-state index in [1.807, 2.05) is 29.8 Å². The van der Waals surface area contributed by atoms with Gasteiger partial charge in [-0.3, -0.25) is 4.79 Å². The molecule has 1 aromatic heterocycles. The molecule has 2 heterocycles. The van der Waals surface area contributed by atoms with E-state index in [1.54, 1.807) is 23.9 Å². The maximum Gasteiger partial charge on any atom is 0.235 e. The SMILES string of the molecule is Cc1cccc(-n2nc3c(c2NC(=O)CSc2ccc(F)cc2)CSC3)c1. The molecule has 1 aliphatic rings. The van der Waals surface area contributed by atoms with Crippen LogP contribution in [0.15, 0.2) is 53.4 Å². The first-order valence-corrected chi connectivity index (χ1v) is 10.7. The van der Waals surface area contributed by atoms with Crippen LogP contribution in [-0.2, 0) is 16.3 Å². The van der Waals surface area contributed by atoms with E-state index in [-0.39, 0.29) is 17.5 Å². The highest BCUT2D eigenvalue weighted by atomic mass is 32.2. The predicted molar refractivity (Wildman–Crippen MR) is 109 cm³/mol. The van der Waals surface area contributed by atoms with Gasteiger partial charge < -0.3 is 5.32 Å². The van der Waals surface area contributed by atoms with E-state index in [1.165, 1.54) is 23.9 Å². The highest BCUT2D eigenvalue weighted by Gasteiger charge is 2.24. The third kappa shape index (κ3) is 4.04. The number of aromatic nitrogens is 2. The van der Waals surface area contributed by atoms with Gasteiger partial charge in [-0.2, -0.15) is 16.9 Å². The number of fused-ring (bicyclic) bond motifs is 1. The molecule has 0 unspecified atom stereocenters. The summed E-state index contributed by atoms with van der Waals surface area (Å²) in [4.78, 5) is 13.4. The second kappa shape index (κ2) is 7.78. The summed E-state index contributed by atoms with van der Waals surface area (Å²) in [5.41, 5.74) is 4.21. The molecule has 27 heavy (non-hydrogen) atoms. The van der Waals surface area contributed by atoms with Crippen LogP contribution in [0.5, 0.6) is 0 Å². The lowest BCUT2D eigenvalue weighted by Gasteiger charge is -2.11. The Morgan fingerprint density at radius 1 is 1.26 bits per heavy atom. The van der Waals surface area contributed by atoms with Crippen molar-refractivity contribution in [1.29, 1.82) is 0 Å². The van der Waals surface area contributed by atoms with Gasteiger partial charge in [-0.25, -0.2) is 9.07 Å². The second-order valence-corrected chi connectivity index (χ2v) is 8.34. The zero-order valence-corrected chi connectivity index (χ0v) is 16.4. The average molecular weight is 400 g/mol. The maximum absolute atomic E-state index is 13.0. The number of thioether (sulfide) groups is 2. The number of halogens is 1. The Morgan fingerprint density at radius 3 is 2.85 bits per heavy atom. The van der Waals surface area contributed by atoms with Crippen molar-refractivity contribution in [3.05, 3.63) is 71.2 Å². The van der Waals surface area contributed by atoms with Crippen molar-refractivity contribution in [2.24, 2.45) is 0 Å². The minimum Gasteiger partial charge on any atom is -0.310 e. The van der Waals surface area contributed by atoms with Gasteiger partial charge in [0.1, 0.15) is 11.6 Å². The van der Waals surface area contributed by atoms with E-state index < -0.39 is 0 Å². The van der Waals surface area contributed by atoms with Crippen molar-refractivity contribution in [2.45, 2.75) is 23.3 Å². The topological polar surface area (TPSA) is 46.9 Å². The number of anilines is 1. The van der Waals surface area contributed by atoms with Gasteiger partial charge in [-0.05, 0) is 48.9 Å². The lowest BCUT2D eigenvalue weighted by molar-refractivity contribution is -0.113. The van der Waals surface area contributed by atoms with E-state index >= 15 is 0 Å². The van der Waals surface area contributed by atoms with E-state index in [0.717, 1.165) is 44.7 Å². The second-order valence-electron chi connectivity index (χ2n) is 6.31. The third-order valence-electron chi connectivity index (χ3n) is 4.24. The number of hydrogen-bond acceptors (Lipinski definition) is 4. The molecule has 2 aromatic carbocycles. The Labute approximate surface area is 165 Å². The van der Waals surface area contributed by atoms with Gasteiger partial charge in [0, 0.05) is 22.0 Å². The van der Waals surface area contributed by atoms with Gasteiger partial charge in [-0.15, -0.1) is 11.8 Å². The molecule has 0 atom stereocenters. The van der Waals surface area contributed by atoms with E-state index in [2.05, 4.69) is 11.4 Å². The zero-order valence-electron chi connectivity index (χ0n) is 14.7. The standard InChI is InChI=1S/C20H18FN3OS2/c1-13-3-2-4-15(9-13)24-20(17-10-26-11-18(17)23-24)22-19(25)12-27-16-7-5-14(21)6-8-16/h2-9H,10-12H2,1H3,(H,22,25). The minimum atomic E-state index is -0.279. The molecule has 0 spiro atoms. The summed E-state index contributed by atoms with van der Waals surface area (Å²) in [6.45, 7) is 2.04. The molecule has 4 nitrogen and oxygen atoms in total. The maximum atomic E-state index is 13.0. The third-order valence-corrected chi connectivity index (χ3v) is 6.22. The van der Waals surface area contributed by atoms with E-state index in [0.29, 0.717) is 0 Å². The van der Waals surface area contributed by atoms with Gasteiger partial charge in [0.15, 0.2) is 0 Å². The van der Waals surface area contributed by atoms with E-state index in [9.17, 15) is 9.18 Å². The monoisotopic (exact) mass is 399 g/mol. The van der Waals surface area contributed by atoms with E-state index in [4.69, 9.17) is 5.10 Å². The highest BCUT2D eigenvalue weighted by Crippen LogP contribution is 2.36. The fourth-order valence-electron chi connectivity index (χ4n) is 2.94. The van der Waals surface area contributed by atoms with Crippen molar-refractivity contribution in [2.75, 3.05) is 11.1 Å². The van der Waals surface area contributed by atoms with Gasteiger partial charge >= 0.3 is 0 Å². The lowest BCUT2D eigenvalue weighted by atomic mass is 10.2. The molecule has 0 bridgehead atoms. The summed E-state index contributed by atoms with van der Waals surface area (Å²) in [5, 5.41) is 7.76.